The fraction of sp³-hybridized carbons (Fsp3) is 0.506. The van der Waals surface area contributed by atoms with Gasteiger partial charge in [0, 0.05) is 6.20 Å². The minimum absolute atomic E-state index is 0.00750. The van der Waals surface area contributed by atoms with Crippen LogP contribution in [0.15, 0.2) is 213 Å². The van der Waals surface area contributed by atoms with Crippen LogP contribution in [-0.2, 0) is 83.1 Å². The first kappa shape index (κ1) is 107. The van der Waals surface area contributed by atoms with Crippen molar-refractivity contribution in [3.63, 3.8) is 0 Å². The molecule has 0 saturated heterocycles. The van der Waals surface area contributed by atoms with E-state index in [9.17, 15) is 76.7 Å². The molecule has 5 aliphatic carbocycles. The molecule has 3 aromatic rings. The number of aliphatic imine (C=N–C) groups is 16. The molecule has 3 unspecified atom stereocenters. The van der Waals surface area contributed by atoms with Crippen LogP contribution in [0.3, 0.4) is 0 Å². The molecule has 0 N–H and O–H groups in total. The van der Waals surface area contributed by atoms with Gasteiger partial charge in [0.25, 0.3) is 0 Å². The van der Waals surface area contributed by atoms with Gasteiger partial charge in [-0.15, -0.1) is 0 Å². The number of hydrogen-bond acceptors (Lipinski definition) is 32. The molecule has 0 spiro atoms. The summed E-state index contributed by atoms with van der Waals surface area (Å²) in [7, 11) is 0. The Hall–Kier alpha value is -13.6. The van der Waals surface area contributed by atoms with Gasteiger partial charge in [-0.2, -0.15) is 34.9 Å². The van der Waals surface area contributed by atoms with Crippen LogP contribution in [0, 0.1) is 22.7 Å². The van der Waals surface area contributed by atoms with Crippen molar-refractivity contribution in [1.29, 1.82) is 0 Å². The van der Waals surface area contributed by atoms with E-state index >= 15 is 0 Å². The first-order chi connectivity index (χ1) is 58.8. The molecule has 3 atom stereocenters. The molecule has 4 saturated carbocycles. The van der Waals surface area contributed by atoms with Crippen molar-refractivity contribution in [2.45, 2.75) is 238 Å². The van der Waals surface area contributed by atoms with Crippen molar-refractivity contribution in [2.24, 2.45) is 103 Å². The van der Waals surface area contributed by atoms with Gasteiger partial charge in [-0.1, -0.05) is 115 Å². The normalized spacial score (nSPS) is 19.2. The Morgan fingerprint density at radius 3 is 1.10 bits per heavy atom. The van der Waals surface area contributed by atoms with Gasteiger partial charge in [0.05, 0.1) is 90.9 Å². The topological polar surface area (TPSA) is 471 Å². The Morgan fingerprint density at radius 1 is 0.388 bits per heavy atom. The summed E-state index contributed by atoms with van der Waals surface area (Å²) in [6.45, 7) is 16.1. The summed E-state index contributed by atoms with van der Waals surface area (Å²) in [5, 5.41) is 0. The molecule has 0 bridgehead atoms. The Labute approximate surface area is 704 Å². The first-order valence-electron chi connectivity index (χ1n) is 39.4. The molecule has 0 heterocycles. The lowest BCUT2D eigenvalue weighted by Crippen LogP contribution is -2.39. The van der Waals surface area contributed by atoms with Gasteiger partial charge in [-0.25, -0.2) is 122 Å². The molecule has 121 heavy (non-hydrogen) atoms. The number of nitrogens with zero attached hydrogens (tertiary/aromatic N) is 16. The number of carbonyl (C=O) groups excluding carboxylic acids is 16. The van der Waals surface area contributed by atoms with Crippen LogP contribution in [-0.4, -0.2) is 160 Å². The van der Waals surface area contributed by atoms with Crippen molar-refractivity contribution in [3.8, 4) is 0 Å². The average molecular weight is 1650 g/mol. The Bertz CT molecular complexity index is 4350. The molecule has 636 valence electrons. The van der Waals surface area contributed by atoms with E-state index in [4.69, 9.17) is 0 Å². The molecule has 0 radical (unpaired) electrons. The van der Waals surface area contributed by atoms with E-state index in [1.807, 2.05) is 37.3 Å². The number of rotatable bonds is 32. The van der Waals surface area contributed by atoms with E-state index in [1.165, 1.54) is 118 Å². The first-order valence-corrected chi connectivity index (χ1v) is 39.4. The minimum atomic E-state index is -0.242. The van der Waals surface area contributed by atoms with Crippen LogP contribution < -0.4 is 0 Å². The van der Waals surface area contributed by atoms with Gasteiger partial charge in [-0.05, 0) is 242 Å². The zero-order valence-corrected chi connectivity index (χ0v) is 69.2. The third-order valence-electron chi connectivity index (χ3n) is 18.9. The van der Waals surface area contributed by atoms with Crippen LogP contribution in [0.2, 0.25) is 0 Å². The molecular formula is C89H104N16O16. The largest absolute Gasteiger partial charge is 0.240 e. The van der Waals surface area contributed by atoms with E-state index in [1.54, 1.807) is 115 Å². The quantitative estimate of drug-likeness (QED) is 0.0242. The molecule has 0 aromatic heterocycles. The maximum Gasteiger partial charge on any atom is 0.240 e. The third-order valence-corrected chi connectivity index (χ3v) is 18.9. The summed E-state index contributed by atoms with van der Waals surface area (Å²) in [5.41, 5.74) is 5.85. The summed E-state index contributed by atoms with van der Waals surface area (Å²) >= 11 is 0. The number of isocyanates is 16. The summed E-state index contributed by atoms with van der Waals surface area (Å²) in [4.78, 5) is 216. The van der Waals surface area contributed by atoms with E-state index in [-0.39, 0.29) is 47.1 Å². The smallest absolute Gasteiger partial charge is 0.211 e. The van der Waals surface area contributed by atoms with Crippen molar-refractivity contribution >= 4 is 120 Å². The van der Waals surface area contributed by atoms with Gasteiger partial charge in [0.2, 0.25) is 97.3 Å². The second-order valence-corrected chi connectivity index (χ2v) is 28.9. The Kier molecular flexibility index (Phi) is 64.7. The molecule has 0 amide bonds. The monoisotopic (exact) mass is 1650 g/mol. The summed E-state index contributed by atoms with van der Waals surface area (Å²) in [6, 6.07) is 21.4. The summed E-state index contributed by atoms with van der Waals surface area (Å²) in [5.74, 6) is 1.60. The summed E-state index contributed by atoms with van der Waals surface area (Å²) < 4.78 is 0. The number of allylic oxidation sites excluding steroid dienone is 5. The van der Waals surface area contributed by atoms with E-state index in [0.717, 1.165) is 138 Å². The average Bonchev–Trinajstić information content (AvgIpc) is 0.800. The van der Waals surface area contributed by atoms with Crippen LogP contribution in [0.25, 0.3) is 0 Å². The van der Waals surface area contributed by atoms with E-state index < -0.39 is 0 Å². The second kappa shape index (κ2) is 72.9. The molecule has 8 rings (SSSR count). The number of benzene rings is 3. The molecule has 5 aliphatic rings. The van der Waals surface area contributed by atoms with Gasteiger partial charge < -0.3 is 0 Å². The third kappa shape index (κ3) is 57.2. The van der Waals surface area contributed by atoms with Crippen LogP contribution in [0.4, 0.5) is 22.7 Å². The standard InChI is InChI=1S/C15H22N2O2.C15H10N2O2.C12H18N2O2.C9H8N2O2.C8H10N2O2.C8H4N2O2.C8H12N2O2.C7H13NO.C7H7NO/c2*18-10-16-14-5-1-12(2-6-14)9-13-3-7-15(8-4-13)17-11-19;1-11(2)4-10(14-9-16)5-12(3,6-11)7-13-8-15;1-7-2-3-8(10-5-12)4-9(7)11-6-13;2*11-5-9-7-1-2-8(4-3-7)10-6-12;11-7-9-5-3-1-2-4-6-10-8-12;2*1-2-3-4-5-6-8-7-9/h12-15H,1-9H2;1-8H,9H2;10H,4-7H2,1-3H3;2,4,8H,3H2,1H3;7-8H,1-4H2;1-4H;1-6H2;2-6H2,1H3;2-6H,1H2/b;;;;;;;;4-3-,6-5+. The molecule has 4 fully saturated rings. The van der Waals surface area contributed by atoms with Crippen LogP contribution >= 0.6 is 0 Å². The maximum absolute atomic E-state index is 10.3. The van der Waals surface area contributed by atoms with Crippen molar-refractivity contribution in [2.75, 3.05) is 26.2 Å². The van der Waals surface area contributed by atoms with Crippen molar-refractivity contribution in [3.05, 3.63) is 144 Å². The SMILES string of the molecule is C=C/C=C\C=C\N=C=O.CC1(C)CC(N=C=O)CC(C)(CN=C=O)C1.CC1=CCC(N=C=O)C=C1N=C=O.CCCCCCN=C=O.O=C=NC1CCC(CC2CCC(N=C=O)CC2)CC1.O=C=NC1CCC(N=C=O)CC1.O=C=NCCCCCCN=C=O.O=C=Nc1ccc(Cc2ccc(N=C=O)cc2)cc1.O=C=Nc1ccc(N=C=O)cc1. The summed E-state index contributed by atoms with van der Waals surface area (Å²) in [6.07, 6.45) is 62.0. The second-order valence-electron chi connectivity index (χ2n) is 28.9. The highest BCUT2D eigenvalue weighted by molar-refractivity contribution is 5.56. The molecule has 3 aromatic carbocycles. The fourth-order valence-electron chi connectivity index (χ4n) is 13.5. The van der Waals surface area contributed by atoms with Gasteiger partial charge in [0.1, 0.15) is 0 Å². The zero-order chi connectivity index (χ0) is 89.5. The van der Waals surface area contributed by atoms with Gasteiger partial charge in [-0.3, -0.25) is 0 Å². The van der Waals surface area contributed by atoms with Gasteiger partial charge in [0.15, 0.2) is 0 Å². The van der Waals surface area contributed by atoms with Crippen LogP contribution in [0.5, 0.6) is 0 Å². The lowest BCUT2D eigenvalue weighted by molar-refractivity contribution is 0.0915. The Balaban J connectivity index is 0.00000135. The Morgan fingerprint density at radius 2 is 0.752 bits per heavy atom. The molecular weight excluding hydrogens is 1550 g/mol. The van der Waals surface area contributed by atoms with Gasteiger partial charge >= 0.3 is 0 Å². The van der Waals surface area contributed by atoms with Crippen molar-refractivity contribution in [1.82, 2.24) is 0 Å². The van der Waals surface area contributed by atoms with Crippen LogP contribution in [0.1, 0.15) is 206 Å². The lowest BCUT2D eigenvalue weighted by atomic mass is 9.63. The minimum Gasteiger partial charge on any atom is -0.211 e. The van der Waals surface area contributed by atoms with E-state index in [0.29, 0.717) is 61.0 Å². The lowest BCUT2D eigenvalue weighted by Gasteiger charge is -2.44. The molecule has 32 nitrogen and oxygen atoms in total. The predicted octanol–water partition coefficient (Wildman–Crippen LogP) is 17.2. The fourth-order valence-corrected chi connectivity index (χ4v) is 13.5. The highest BCUT2D eigenvalue weighted by atomic mass is 16.2. The highest BCUT2D eigenvalue weighted by Crippen LogP contribution is 2.47. The number of unbranched alkanes of at least 4 members (excludes halogenated alkanes) is 6. The molecule has 32 heteroatoms. The number of hydrogen-bond donors (Lipinski definition) is 0. The van der Waals surface area contributed by atoms with E-state index in [2.05, 4.69) is 114 Å². The maximum atomic E-state index is 10.3. The van der Waals surface area contributed by atoms with Crippen molar-refractivity contribution < 1.29 is 76.7 Å². The highest BCUT2D eigenvalue weighted by Gasteiger charge is 2.41. The zero-order valence-electron chi connectivity index (χ0n) is 69.2. The predicted molar refractivity (Wildman–Crippen MR) is 453 cm³/mol. The molecule has 0 aliphatic heterocycles.